The Labute approximate surface area is 138 Å². The molecule has 0 aromatic heterocycles. The van der Waals surface area contributed by atoms with E-state index >= 15 is 0 Å². The van der Waals surface area contributed by atoms with Crippen LogP contribution in [0.3, 0.4) is 0 Å². The van der Waals surface area contributed by atoms with Crippen LogP contribution in [-0.2, 0) is 24.2 Å². The van der Waals surface area contributed by atoms with Crippen LogP contribution >= 0.6 is 24.1 Å². The summed E-state index contributed by atoms with van der Waals surface area (Å²) in [5.41, 5.74) is 0.0642. The molecule has 0 unspecified atom stereocenters. The van der Waals surface area contributed by atoms with Crippen molar-refractivity contribution >= 4 is 34.2 Å². The van der Waals surface area contributed by atoms with Crippen molar-refractivity contribution in [1.82, 2.24) is 0 Å². The molecule has 0 amide bonds. The van der Waals surface area contributed by atoms with Crippen LogP contribution in [0.15, 0.2) is 17.0 Å². The van der Waals surface area contributed by atoms with Crippen molar-refractivity contribution < 1.29 is 31.4 Å². The first kappa shape index (κ1) is 19.4. The largest absolute Gasteiger partial charge is 0.325 e. The van der Waals surface area contributed by atoms with Gasteiger partial charge in [0.25, 0.3) is 10.1 Å². The molecule has 10 heteroatoms. The lowest BCUT2D eigenvalue weighted by Crippen LogP contribution is -2.16. The Morgan fingerprint density at radius 1 is 1.00 bits per heavy atom. The van der Waals surface area contributed by atoms with Gasteiger partial charge < -0.3 is 9.78 Å². The van der Waals surface area contributed by atoms with Crippen molar-refractivity contribution in [3.8, 4) is 11.5 Å². The molecule has 7 nitrogen and oxygen atoms in total. The Morgan fingerprint density at radius 3 is 1.68 bits per heavy atom. The van der Waals surface area contributed by atoms with Crippen molar-refractivity contribution in [2.45, 2.75) is 31.1 Å². The molecule has 1 aromatic rings. The molecular weight excluding hydrogens is 352 g/mol. The third kappa shape index (κ3) is 5.21. The van der Waals surface area contributed by atoms with Gasteiger partial charge in [0.05, 0.1) is 0 Å². The van der Waals surface area contributed by atoms with Crippen molar-refractivity contribution in [2.75, 3.05) is 12.5 Å². The van der Waals surface area contributed by atoms with Crippen molar-refractivity contribution in [2.24, 2.45) is 0 Å². The summed E-state index contributed by atoms with van der Waals surface area (Å²) in [6, 6.07) is 2.33. The van der Waals surface area contributed by atoms with E-state index in [1.807, 2.05) is 20.8 Å². The van der Waals surface area contributed by atoms with E-state index < -0.39 is 15.5 Å². The molecule has 0 heterocycles. The monoisotopic (exact) mass is 370 g/mol. The molecule has 0 aliphatic rings. The summed E-state index contributed by atoms with van der Waals surface area (Å²) >= 11 is 1.89. The second kappa shape index (κ2) is 7.75. The van der Waals surface area contributed by atoms with Gasteiger partial charge in [-0.2, -0.15) is 8.42 Å². The van der Waals surface area contributed by atoms with Crippen LogP contribution in [0.1, 0.15) is 26.3 Å². The molecule has 126 valence electrons. The van der Waals surface area contributed by atoms with E-state index in [0.717, 1.165) is 36.2 Å². The van der Waals surface area contributed by atoms with Gasteiger partial charge in [-0.25, -0.2) is 0 Å². The molecule has 0 bridgehead atoms. The lowest BCUT2D eigenvalue weighted by Gasteiger charge is -2.24. The molecule has 1 N–H and O–H groups in total. The van der Waals surface area contributed by atoms with Crippen molar-refractivity contribution in [3.05, 3.63) is 17.7 Å². The average Bonchev–Trinajstić information content (AvgIpc) is 2.39. The van der Waals surface area contributed by atoms with E-state index in [4.69, 9.17) is 18.4 Å². The Bertz CT molecular complexity index is 579. The molecule has 1 aromatic carbocycles. The quantitative estimate of drug-likeness (QED) is 0.335. The van der Waals surface area contributed by atoms with Crippen LogP contribution in [-0.4, -0.2) is 25.5 Å². The Morgan fingerprint density at radius 2 is 1.41 bits per heavy atom. The van der Waals surface area contributed by atoms with Crippen LogP contribution in [0.5, 0.6) is 11.5 Å². The highest BCUT2D eigenvalue weighted by Gasteiger charge is 2.29. The molecule has 0 aliphatic heterocycles. The highest BCUT2D eigenvalue weighted by Crippen LogP contribution is 2.41. The molecule has 22 heavy (non-hydrogen) atoms. The standard InChI is InChI=1S/C12H18O7S3/c1-12(2,3)11-9(16-18-20-4)6-8(22(13,14)15)7-10(11)17-19-21-5/h6-7H,1-5H3,(H,13,14,15). The lowest BCUT2D eigenvalue weighted by atomic mass is 9.85. The molecule has 0 saturated heterocycles. The van der Waals surface area contributed by atoms with E-state index in [1.54, 1.807) is 12.5 Å². The number of hydrogen-bond donors (Lipinski definition) is 1. The van der Waals surface area contributed by atoms with Crippen LogP contribution < -0.4 is 9.78 Å². The zero-order valence-electron chi connectivity index (χ0n) is 12.8. The molecule has 0 fully saturated rings. The maximum atomic E-state index is 11.4. The molecular formula is C12H18O7S3. The smallest absolute Gasteiger partial charge is 0.294 e. The number of benzene rings is 1. The Kier molecular flexibility index (Phi) is 6.84. The van der Waals surface area contributed by atoms with E-state index in [9.17, 15) is 13.0 Å². The van der Waals surface area contributed by atoms with Gasteiger partial charge in [0.1, 0.15) is 4.90 Å². The predicted molar refractivity (Wildman–Crippen MR) is 85.4 cm³/mol. The first-order chi connectivity index (χ1) is 10.1. The SMILES string of the molecule is CSOOc1cc(S(=O)(=O)O)cc(OOSC)c1C(C)(C)C. The molecule has 0 radical (unpaired) electrons. The summed E-state index contributed by atoms with van der Waals surface area (Å²) in [7, 11) is -4.44. The summed E-state index contributed by atoms with van der Waals surface area (Å²) < 4.78 is 41.7. The minimum absolute atomic E-state index is 0.108. The van der Waals surface area contributed by atoms with Crippen LogP contribution in [0.25, 0.3) is 0 Å². The fourth-order valence-electron chi connectivity index (χ4n) is 1.73. The van der Waals surface area contributed by atoms with Crippen LogP contribution in [0.4, 0.5) is 0 Å². The maximum Gasteiger partial charge on any atom is 0.294 e. The molecule has 0 saturated carbocycles. The highest BCUT2D eigenvalue weighted by molar-refractivity contribution is 7.94. The van der Waals surface area contributed by atoms with Gasteiger partial charge in [-0.1, -0.05) is 20.8 Å². The number of hydrogen-bond acceptors (Lipinski definition) is 8. The zero-order chi connectivity index (χ0) is 17.0. The summed E-state index contributed by atoms with van der Waals surface area (Å²) in [4.78, 5) is 9.84. The van der Waals surface area contributed by atoms with Crippen LogP contribution in [0, 0.1) is 0 Å². The van der Waals surface area contributed by atoms with Gasteiger partial charge in [-0.15, -0.1) is 8.67 Å². The minimum Gasteiger partial charge on any atom is -0.325 e. The van der Waals surface area contributed by atoms with Gasteiger partial charge in [0.15, 0.2) is 11.5 Å². The molecule has 1 rings (SSSR count). The summed E-state index contributed by atoms with van der Waals surface area (Å²) in [6.45, 7) is 5.65. The van der Waals surface area contributed by atoms with Gasteiger partial charge >= 0.3 is 0 Å². The fraction of sp³-hybridized carbons (Fsp3) is 0.500. The van der Waals surface area contributed by atoms with Gasteiger partial charge in [0.2, 0.25) is 0 Å². The average molecular weight is 370 g/mol. The van der Waals surface area contributed by atoms with E-state index in [1.165, 1.54) is 0 Å². The normalized spacial score (nSPS) is 12.3. The highest BCUT2D eigenvalue weighted by atomic mass is 32.2. The predicted octanol–water partition coefficient (Wildman–Crippen LogP) is 3.41. The second-order valence-electron chi connectivity index (χ2n) is 5.16. The van der Waals surface area contributed by atoms with E-state index in [-0.39, 0.29) is 16.4 Å². The molecule has 0 atom stereocenters. The van der Waals surface area contributed by atoms with Gasteiger partial charge in [-0.3, -0.25) is 4.55 Å². The minimum atomic E-state index is -4.44. The third-order valence-corrected chi connectivity index (χ3v) is 3.71. The van der Waals surface area contributed by atoms with Crippen molar-refractivity contribution in [3.63, 3.8) is 0 Å². The first-order valence-electron chi connectivity index (χ1n) is 6.02. The second-order valence-corrected chi connectivity index (χ2v) is 7.52. The van der Waals surface area contributed by atoms with Gasteiger partial charge in [-0.05, 0) is 5.41 Å². The Hall–Kier alpha value is -0.650. The van der Waals surface area contributed by atoms with Gasteiger partial charge in [0, 0.05) is 54.3 Å². The Balaban J connectivity index is 3.53. The van der Waals surface area contributed by atoms with E-state index in [0.29, 0.717) is 5.56 Å². The molecule has 0 spiro atoms. The first-order valence-corrected chi connectivity index (χ1v) is 9.76. The summed E-state index contributed by atoms with van der Waals surface area (Å²) in [6.07, 6.45) is 3.27. The topological polar surface area (TPSA) is 91.3 Å². The summed E-state index contributed by atoms with van der Waals surface area (Å²) in [5.74, 6) is 0.216. The summed E-state index contributed by atoms with van der Waals surface area (Å²) in [5, 5.41) is 0. The van der Waals surface area contributed by atoms with Crippen LogP contribution in [0.2, 0.25) is 0 Å². The zero-order valence-corrected chi connectivity index (χ0v) is 15.2. The van der Waals surface area contributed by atoms with Crippen molar-refractivity contribution in [1.29, 1.82) is 0 Å². The maximum absolute atomic E-state index is 11.4. The fourth-order valence-corrected chi connectivity index (χ4v) is 2.52. The number of rotatable bonds is 7. The van der Waals surface area contributed by atoms with E-state index in [2.05, 4.69) is 0 Å². The lowest BCUT2D eigenvalue weighted by molar-refractivity contribution is -0.0884. The third-order valence-electron chi connectivity index (χ3n) is 2.47. The molecule has 0 aliphatic carbocycles.